The first-order chi connectivity index (χ1) is 9.11. The van der Waals surface area contributed by atoms with Gasteiger partial charge in [-0.25, -0.2) is 4.98 Å². The second-order valence-corrected chi connectivity index (χ2v) is 4.41. The summed E-state index contributed by atoms with van der Waals surface area (Å²) >= 11 is 0. The lowest BCUT2D eigenvalue weighted by atomic mass is 10.1. The number of Topliss-reactive ketones (excluding diaryl/α,β-unsaturated/α-hetero) is 1. The third kappa shape index (κ3) is 6.05. The van der Waals surface area contributed by atoms with E-state index in [0.29, 0.717) is 18.5 Å². The summed E-state index contributed by atoms with van der Waals surface area (Å²) < 4.78 is 0. The topological polar surface area (TPSA) is 106 Å². The standard InChI is InChI=1S/C13H19N3O3/c14-10(13(18)19)5-3-1-2-4-6-12(17)11-9-15-7-8-16-11/h7-10H,1-6,14H2,(H,18,19). The van der Waals surface area contributed by atoms with E-state index in [1.54, 1.807) is 0 Å². The van der Waals surface area contributed by atoms with Gasteiger partial charge in [-0.3, -0.25) is 14.6 Å². The fourth-order valence-electron chi connectivity index (χ4n) is 1.70. The summed E-state index contributed by atoms with van der Waals surface area (Å²) in [6.45, 7) is 0. The van der Waals surface area contributed by atoms with Gasteiger partial charge in [-0.15, -0.1) is 0 Å². The van der Waals surface area contributed by atoms with Crippen LogP contribution in [0.2, 0.25) is 0 Å². The second-order valence-electron chi connectivity index (χ2n) is 4.41. The molecule has 1 atom stereocenters. The fourth-order valence-corrected chi connectivity index (χ4v) is 1.70. The van der Waals surface area contributed by atoms with Gasteiger partial charge in [0.05, 0.1) is 6.20 Å². The average molecular weight is 265 g/mol. The minimum Gasteiger partial charge on any atom is -0.480 e. The third-order valence-electron chi connectivity index (χ3n) is 2.84. The third-order valence-corrected chi connectivity index (χ3v) is 2.84. The molecule has 0 radical (unpaired) electrons. The van der Waals surface area contributed by atoms with Crippen molar-refractivity contribution >= 4 is 11.8 Å². The predicted octanol–water partition coefficient (Wildman–Crippen LogP) is 1.41. The molecular formula is C13H19N3O3. The molecule has 104 valence electrons. The van der Waals surface area contributed by atoms with E-state index in [-0.39, 0.29) is 5.78 Å². The highest BCUT2D eigenvalue weighted by Crippen LogP contribution is 2.09. The van der Waals surface area contributed by atoms with Crippen molar-refractivity contribution in [3.05, 3.63) is 24.3 Å². The number of aromatic nitrogens is 2. The number of hydrogen-bond donors (Lipinski definition) is 2. The van der Waals surface area contributed by atoms with Gasteiger partial charge in [0.1, 0.15) is 11.7 Å². The molecule has 19 heavy (non-hydrogen) atoms. The van der Waals surface area contributed by atoms with Crippen LogP contribution in [-0.4, -0.2) is 32.9 Å². The Kier molecular flexibility index (Phi) is 6.67. The van der Waals surface area contributed by atoms with Gasteiger partial charge in [0.2, 0.25) is 0 Å². The van der Waals surface area contributed by atoms with Gasteiger partial charge in [-0.1, -0.05) is 19.3 Å². The Bertz CT molecular complexity index is 409. The number of carboxylic acid groups (broad SMARTS) is 1. The van der Waals surface area contributed by atoms with Crippen molar-refractivity contribution in [1.82, 2.24) is 9.97 Å². The molecule has 0 amide bonds. The first-order valence-electron chi connectivity index (χ1n) is 6.39. The summed E-state index contributed by atoms with van der Waals surface area (Å²) in [4.78, 5) is 29.9. The van der Waals surface area contributed by atoms with E-state index in [2.05, 4.69) is 9.97 Å². The van der Waals surface area contributed by atoms with E-state index in [1.807, 2.05) is 0 Å². The zero-order chi connectivity index (χ0) is 14.1. The van der Waals surface area contributed by atoms with Gasteiger partial charge in [0, 0.05) is 18.8 Å². The minimum atomic E-state index is -0.960. The largest absolute Gasteiger partial charge is 0.480 e. The van der Waals surface area contributed by atoms with E-state index >= 15 is 0 Å². The highest BCUT2D eigenvalue weighted by atomic mass is 16.4. The SMILES string of the molecule is NC(CCCCCCC(=O)c1cnccn1)C(=O)O. The van der Waals surface area contributed by atoms with Crippen LogP contribution < -0.4 is 5.73 Å². The lowest BCUT2D eigenvalue weighted by Gasteiger charge is -2.05. The summed E-state index contributed by atoms with van der Waals surface area (Å²) in [6, 6.07) is -0.777. The molecule has 1 unspecified atom stereocenters. The smallest absolute Gasteiger partial charge is 0.320 e. The maximum Gasteiger partial charge on any atom is 0.320 e. The lowest BCUT2D eigenvalue weighted by molar-refractivity contribution is -0.138. The van der Waals surface area contributed by atoms with Crippen LogP contribution in [0.3, 0.4) is 0 Å². The molecule has 0 aromatic carbocycles. The number of carbonyl (C=O) groups is 2. The normalized spacial score (nSPS) is 12.1. The van der Waals surface area contributed by atoms with Gasteiger partial charge in [0.25, 0.3) is 0 Å². The first-order valence-corrected chi connectivity index (χ1v) is 6.39. The van der Waals surface area contributed by atoms with Crippen LogP contribution in [-0.2, 0) is 4.79 Å². The van der Waals surface area contributed by atoms with E-state index in [9.17, 15) is 9.59 Å². The molecule has 1 aromatic heterocycles. The highest BCUT2D eigenvalue weighted by Gasteiger charge is 2.10. The lowest BCUT2D eigenvalue weighted by Crippen LogP contribution is -2.29. The Morgan fingerprint density at radius 1 is 1.21 bits per heavy atom. The van der Waals surface area contributed by atoms with Crippen LogP contribution in [0.4, 0.5) is 0 Å². The molecule has 6 heteroatoms. The second kappa shape index (κ2) is 8.31. The summed E-state index contributed by atoms with van der Waals surface area (Å²) in [5, 5.41) is 8.60. The van der Waals surface area contributed by atoms with Crippen molar-refractivity contribution in [2.75, 3.05) is 0 Å². The van der Waals surface area contributed by atoms with Crippen LogP contribution >= 0.6 is 0 Å². The number of nitrogens with zero attached hydrogens (tertiary/aromatic N) is 2. The molecule has 0 fully saturated rings. The molecule has 0 aliphatic carbocycles. The minimum absolute atomic E-state index is 0.00432. The Hall–Kier alpha value is -1.82. The Morgan fingerprint density at radius 3 is 2.58 bits per heavy atom. The van der Waals surface area contributed by atoms with Crippen molar-refractivity contribution in [3.63, 3.8) is 0 Å². The maximum atomic E-state index is 11.7. The monoisotopic (exact) mass is 265 g/mol. The number of carbonyl (C=O) groups excluding carboxylic acids is 1. The number of ketones is 1. The van der Waals surface area contributed by atoms with E-state index in [0.717, 1.165) is 25.7 Å². The van der Waals surface area contributed by atoms with Crippen molar-refractivity contribution in [2.45, 2.75) is 44.6 Å². The molecule has 6 nitrogen and oxygen atoms in total. The molecule has 1 heterocycles. The van der Waals surface area contributed by atoms with Crippen LogP contribution in [0, 0.1) is 0 Å². The summed E-state index contributed by atoms with van der Waals surface area (Å²) in [5.74, 6) is -0.965. The quantitative estimate of drug-likeness (QED) is 0.516. The summed E-state index contributed by atoms with van der Waals surface area (Å²) in [6.07, 6.45) is 8.74. The zero-order valence-corrected chi connectivity index (χ0v) is 10.8. The van der Waals surface area contributed by atoms with Gasteiger partial charge >= 0.3 is 5.97 Å². The number of hydrogen-bond acceptors (Lipinski definition) is 5. The molecule has 1 rings (SSSR count). The van der Waals surface area contributed by atoms with Crippen LogP contribution in [0.1, 0.15) is 49.0 Å². The van der Waals surface area contributed by atoms with Gasteiger partial charge in [0.15, 0.2) is 5.78 Å². The molecule has 0 saturated heterocycles. The van der Waals surface area contributed by atoms with Gasteiger partial charge < -0.3 is 10.8 Å². The molecule has 0 spiro atoms. The van der Waals surface area contributed by atoms with Crippen molar-refractivity contribution < 1.29 is 14.7 Å². The van der Waals surface area contributed by atoms with Crippen molar-refractivity contribution in [1.29, 1.82) is 0 Å². The maximum absolute atomic E-state index is 11.7. The van der Waals surface area contributed by atoms with Crippen LogP contribution in [0.25, 0.3) is 0 Å². The van der Waals surface area contributed by atoms with Crippen molar-refractivity contribution in [2.24, 2.45) is 5.73 Å². The van der Waals surface area contributed by atoms with E-state index in [4.69, 9.17) is 10.8 Å². The molecule has 0 saturated carbocycles. The molecule has 3 N–H and O–H groups in total. The number of unbranched alkanes of at least 4 members (excludes halogenated alkanes) is 3. The Labute approximate surface area is 112 Å². The molecule has 0 aliphatic rings. The number of rotatable bonds is 9. The number of nitrogens with two attached hydrogens (primary N) is 1. The van der Waals surface area contributed by atoms with E-state index in [1.165, 1.54) is 18.6 Å². The fraction of sp³-hybridized carbons (Fsp3) is 0.538. The average Bonchev–Trinajstić information content (AvgIpc) is 2.42. The van der Waals surface area contributed by atoms with Crippen LogP contribution in [0.15, 0.2) is 18.6 Å². The molecule has 0 aliphatic heterocycles. The number of aliphatic carboxylic acids is 1. The highest BCUT2D eigenvalue weighted by molar-refractivity contribution is 5.93. The first kappa shape index (κ1) is 15.2. The van der Waals surface area contributed by atoms with E-state index < -0.39 is 12.0 Å². The number of carboxylic acids is 1. The molecule has 0 bridgehead atoms. The van der Waals surface area contributed by atoms with Crippen LogP contribution in [0.5, 0.6) is 0 Å². The van der Waals surface area contributed by atoms with Crippen molar-refractivity contribution in [3.8, 4) is 0 Å². The van der Waals surface area contributed by atoms with Gasteiger partial charge in [-0.05, 0) is 12.8 Å². The van der Waals surface area contributed by atoms with Gasteiger partial charge in [-0.2, -0.15) is 0 Å². The zero-order valence-electron chi connectivity index (χ0n) is 10.8. The Morgan fingerprint density at radius 2 is 1.95 bits per heavy atom. The Balaban J connectivity index is 2.08. The molecular weight excluding hydrogens is 246 g/mol. The predicted molar refractivity (Wildman–Crippen MR) is 69.7 cm³/mol. The molecule has 1 aromatic rings. The summed E-state index contributed by atoms with van der Waals surface area (Å²) in [5.41, 5.74) is 5.79. The summed E-state index contributed by atoms with van der Waals surface area (Å²) in [7, 11) is 0.